The third-order valence-electron chi connectivity index (χ3n) is 6.10. The quantitative estimate of drug-likeness (QED) is 0.406. The van der Waals surface area contributed by atoms with Crippen molar-refractivity contribution < 1.29 is 14.3 Å². The number of amides is 1. The van der Waals surface area contributed by atoms with Gasteiger partial charge in [0.15, 0.2) is 0 Å². The molecule has 8 heteroatoms. The van der Waals surface area contributed by atoms with E-state index in [-0.39, 0.29) is 23.3 Å². The van der Waals surface area contributed by atoms with Gasteiger partial charge in [-0.3, -0.25) is 14.2 Å². The Morgan fingerprint density at radius 2 is 1.88 bits per heavy atom. The van der Waals surface area contributed by atoms with Gasteiger partial charge in [0.2, 0.25) is 5.91 Å². The van der Waals surface area contributed by atoms with Gasteiger partial charge in [-0.1, -0.05) is 26.0 Å². The maximum atomic E-state index is 13.9. The molecule has 0 aliphatic heterocycles. The van der Waals surface area contributed by atoms with E-state index in [1.54, 1.807) is 37.0 Å². The Morgan fingerprint density at radius 3 is 2.50 bits per heavy atom. The first-order chi connectivity index (χ1) is 16.3. The molecule has 0 saturated heterocycles. The molecule has 4 rings (SSSR count). The maximum Gasteiger partial charge on any atom is 0.266 e. The number of carbonyl (C=O) groups is 1. The van der Waals surface area contributed by atoms with Crippen molar-refractivity contribution >= 4 is 32.7 Å². The Morgan fingerprint density at radius 1 is 1.18 bits per heavy atom. The molecule has 1 atom stereocenters. The predicted octanol–water partition coefficient (Wildman–Crippen LogP) is 5.12. The number of aromatic nitrogens is 2. The summed E-state index contributed by atoms with van der Waals surface area (Å²) in [5.74, 6) is 2.02. The van der Waals surface area contributed by atoms with Gasteiger partial charge in [-0.2, -0.15) is 0 Å². The Labute approximate surface area is 207 Å². The topological polar surface area (TPSA) is 73.7 Å². The van der Waals surface area contributed by atoms with E-state index in [2.05, 4.69) is 29.8 Å². The Bertz CT molecular complexity index is 1280. The van der Waals surface area contributed by atoms with Crippen LogP contribution in [0.4, 0.5) is 0 Å². The van der Waals surface area contributed by atoms with E-state index in [0.29, 0.717) is 44.9 Å². The van der Waals surface area contributed by atoms with Crippen LogP contribution >= 0.6 is 15.9 Å². The minimum Gasteiger partial charge on any atom is -0.497 e. The number of para-hydroxylation sites is 1. The highest BCUT2D eigenvalue weighted by Crippen LogP contribution is 2.38. The molecule has 1 unspecified atom stereocenters. The average Bonchev–Trinajstić information content (AvgIpc) is 3.67. The first-order valence-corrected chi connectivity index (χ1v) is 12.3. The zero-order valence-electron chi connectivity index (χ0n) is 20.2. The van der Waals surface area contributed by atoms with Crippen LogP contribution in [-0.4, -0.2) is 41.1 Å². The average molecular weight is 528 g/mol. The molecule has 1 saturated carbocycles. The van der Waals surface area contributed by atoms with Crippen molar-refractivity contribution in [3.05, 3.63) is 57.0 Å². The minimum absolute atomic E-state index is 0.0606. The van der Waals surface area contributed by atoms with Crippen LogP contribution in [0, 0.1) is 11.8 Å². The lowest BCUT2D eigenvalue weighted by Gasteiger charge is -2.32. The van der Waals surface area contributed by atoms with Crippen molar-refractivity contribution in [2.24, 2.45) is 11.8 Å². The fraction of sp³-hybridized carbons (Fsp3) is 0.423. The summed E-state index contributed by atoms with van der Waals surface area (Å²) in [6, 6.07) is 10.4. The minimum atomic E-state index is -0.420. The molecular weight excluding hydrogens is 498 g/mol. The number of hydrogen-bond donors (Lipinski definition) is 0. The number of fused-ring (bicyclic) bond motifs is 1. The highest BCUT2D eigenvalue weighted by Gasteiger charge is 2.37. The Kier molecular flexibility index (Phi) is 6.98. The van der Waals surface area contributed by atoms with Gasteiger partial charge in [-0.15, -0.1) is 0 Å². The summed E-state index contributed by atoms with van der Waals surface area (Å²) in [5.41, 5.74) is 0.927. The van der Waals surface area contributed by atoms with Gasteiger partial charge in [-0.25, -0.2) is 4.98 Å². The number of halogens is 1. The van der Waals surface area contributed by atoms with Crippen LogP contribution in [-0.2, 0) is 4.79 Å². The van der Waals surface area contributed by atoms with Crippen LogP contribution in [0.2, 0.25) is 0 Å². The summed E-state index contributed by atoms with van der Waals surface area (Å²) in [6.07, 6.45) is 1.83. The molecule has 1 aromatic heterocycles. The van der Waals surface area contributed by atoms with Crippen molar-refractivity contribution in [1.82, 2.24) is 14.5 Å². The largest absolute Gasteiger partial charge is 0.497 e. The van der Waals surface area contributed by atoms with E-state index in [0.717, 1.165) is 12.8 Å². The molecule has 34 heavy (non-hydrogen) atoms. The zero-order chi connectivity index (χ0) is 24.6. The van der Waals surface area contributed by atoms with Gasteiger partial charge in [-0.05, 0) is 53.7 Å². The molecule has 7 nitrogen and oxygen atoms in total. The third kappa shape index (κ3) is 4.56. The van der Waals surface area contributed by atoms with E-state index in [1.165, 1.54) is 0 Å². The van der Waals surface area contributed by atoms with Gasteiger partial charge in [0, 0.05) is 24.6 Å². The lowest BCUT2D eigenvalue weighted by Crippen LogP contribution is -2.40. The van der Waals surface area contributed by atoms with Crippen molar-refractivity contribution in [1.29, 1.82) is 0 Å². The highest BCUT2D eigenvalue weighted by molar-refractivity contribution is 9.10. The number of nitrogens with zero attached hydrogens (tertiary/aromatic N) is 3. The van der Waals surface area contributed by atoms with Crippen LogP contribution in [0.3, 0.4) is 0 Å². The molecule has 1 heterocycles. The molecule has 1 fully saturated rings. The van der Waals surface area contributed by atoms with Gasteiger partial charge >= 0.3 is 0 Å². The summed E-state index contributed by atoms with van der Waals surface area (Å²) < 4.78 is 13.2. The number of hydrogen-bond acceptors (Lipinski definition) is 5. The highest BCUT2D eigenvalue weighted by atomic mass is 79.9. The van der Waals surface area contributed by atoms with Crippen molar-refractivity contribution in [2.45, 2.75) is 39.7 Å². The standard InChI is InChI=1S/C26H30BrN3O4/c1-15(2)14-29(25(31)17-10-11-17)16(3)24-28-20-9-7-6-8-19(20)26(32)30(24)21-12-18(33-4)13-22(34-5)23(21)27/h6-9,12-13,15-17H,10-11,14H2,1-5H3. The van der Waals surface area contributed by atoms with Crippen LogP contribution < -0.4 is 15.0 Å². The van der Waals surface area contributed by atoms with Gasteiger partial charge in [0.25, 0.3) is 5.56 Å². The molecular formula is C26H30BrN3O4. The molecule has 0 bridgehead atoms. The number of carbonyl (C=O) groups excluding carboxylic acids is 1. The van der Waals surface area contributed by atoms with Crippen molar-refractivity contribution in [3.8, 4) is 17.2 Å². The molecule has 0 N–H and O–H groups in total. The van der Waals surface area contributed by atoms with E-state index in [9.17, 15) is 9.59 Å². The lowest BCUT2D eigenvalue weighted by molar-refractivity contribution is -0.135. The number of ether oxygens (including phenoxy) is 2. The lowest BCUT2D eigenvalue weighted by atomic mass is 10.1. The van der Waals surface area contributed by atoms with Gasteiger partial charge < -0.3 is 14.4 Å². The fourth-order valence-corrected chi connectivity index (χ4v) is 4.76. The number of benzene rings is 2. The van der Waals surface area contributed by atoms with Crippen molar-refractivity contribution in [3.63, 3.8) is 0 Å². The summed E-state index contributed by atoms with van der Waals surface area (Å²) in [6.45, 7) is 6.71. The smallest absolute Gasteiger partial charge is 0.266 e. The van der Waals surface area contributed by atoms with E-state index < -0.39 is 6.04 Å². The normalized spacial score (nSPS) is 14.3. The maximum absolute atomic E-state index is 13.9. The Balaban J connectivity index is 2.00. The zero-order valence-corrected chi connectivity index (χ0v) is 21.8. The SMILES string of the molecule is COc1cc(OC)c(Br)c(-n2c(C(C)N(CC(C)C)C(=O)C3CC3)nc3ccccc3c2=O)c1. The third-order valence-corrected chi connectivity index (χ3v) is 6.90. The molecule has 1 aliphatic rings. The van der Waals surface area contributed by atoms with Crippen LogP contribution in [0.25, 0.3) is 16.6 Å². The fourth-order valence-electron chi connectivity index (χ4n) is 4.19. The number of methoxy groups -OCH3 is 2. The van der Waals surface area contributed by atoms with Gasteiger partial charge in [0.1, 0.15) is 17.3 Å². The van der Waals surface area contributed by atoms with Crippen LogP contribution in [0.1, 0.15) is 45.5 Å². The summed E-state index contributed by atoms with van der Waals surface area (Å²) >= 11 is 3.61. The second-order valence-corrected chi connectivity index (χ2v) is 9.92. The molecule has 2 aromatic carbocycles. The summed E-state index contributed by atoms with van der Waals surface area (Å²) in [4.78, 5) is 34.0. The van der Waals surface area contributed by atoms with E-state index in [1.807, 2.05) is 30.0 Å². The van der Waals surface area contributed by atoms with Gasteiger partial charge in [0.05, 0.1) is 41.3 Å². The monoisotopic (exact) mass is 527 g/mol. The Hall–Kier alpha value is -2.87. The molecule has 0 spiro atoms. The summed E-state index contributed by atoms with van der Waals surface area (Å²) in [7, 11) is 3.13. The molecule has 3 aromatic rings. The molecule has 0 radical (unpaired) electrons. The van der Waals surface area contributed by atoms with Crippen LogP contribution in [0.15, 0.2) is 45.7 Å². The molecule has 1 aliphatic carbocycles. The van der Waals surface area contributed by atoms with E-state index >= 15 is 0 Å². The first-order valence-electron chi connectivity index (χ1n) is 11.5. The first kappa shape index (κ1) is 24.3. The van der Waals surface area contributed by atoms with E-state index in [4.69, 9.17) is 14.5 Å². The second kappa shape index (κ2) is 9.78. The molecule has 1 amide bonds. The molecule has 180 valence electrons. The summed E-state index contributed by atoms with van der Waals surface area (Å²) in [5, 5.41) is 0.496. The van der Waals surface area contributed by atoms with Crippen molar-refractivity contribution in [2.75, 3.05) is 20.8 Å². The second-order valence-electron chi connectivity index (χ2n) is 9.13. The van der Waals surface area contributed by atoms with Crippen LogP contribution in [0.5, 0.6) is 11.5 Å². The predicted molar refractivity (Wildman–Crippen MR) is 136 cm³/mol. The number of rotatable bonds is 8.